The van der Waals surface area contributed by atoms with Gasteiger partial charge in [-0.15, -0.1) is 24.8 Å². The third-order valence-corrected chi connectivity index (χ3v) is 3.56. The highest BCUT2D eigenvalue weighted by Crippen LogP contribution is 2.25. The van der Waals surface area contributed by atoms with E-state index in [0.29, 0.717) is 24.7 Å². The zero-order valence-corrected chi connectivity index (χ0v) is 16.7. The molecule has 0 radical (unpaired) electrons. The highest BCUT2D eigenvalue weighted by molar-refractivity contribution is 5.92. The molecular weight excluding hydrogens is 377 g/mol. The van der Waals surface area contributed by atoms with E-state index < -0.39 is 0 Å². The lowest BCUT2D eigenvalue weighted by Gasteiger charge is -2.10. The number of amides is 1. The van der Waals surface area contributed by atoms with Gasteiger partial charge < -0.3 is 20.1 Å². The molecule has 2 N–H and O–H groups in total. The molecule has 0 unspecified atom stereocenters. The number of hydrogen-bond donors (Lipinski definition) is 2. The average molecular weight is 402 g/mol. The van der Waals surface area contributed by atoms with Crippen molar-refractivity contribution in [3.8, 4) is 11.6 Å². The lowest BCUT2D eigenvalue weighted by atomic mass is 10.1. The molecular formula is C18H25Cl2N3O3. The van der Waals surface area contributed by atoms with Crippen LogP contribution >= 0.6 is 24.8 Å². The van der Waals surface area contributed by atoms with Crippen molar-refractivity contribution < 1.29 is 14.3 Å². The minimum absolute atomic E-state index is 0. The van der Waals surface area contributed by atoms with Gasteiger partial charge in [0, 0.05) is 19.7 Å². The summed E-state index contributed by atoms with van der Waals surface area (Å²) in [5, 5.41) is 5.75. The van der Waals surface area contributed by atoms with Crippen LogP contribution in [0, 0.1) is 13.8 Å². The molecule has 1 aromatic heterocycles. The molecule has 0 fully saturated rings. The van der Waals surface area contributed by atoms with E-state index >= 15 is 0 Å². The van der Waals surface area contributed by atoms with E-state index in [2.05, 4.69) is 15.6 Å². The molecule has 0 aliphatic rings. The molecule has 0 aliphatic heterocycles. The highest BCUT2D eigenvalue weighted by atomic mass is 35.5. The molecule has 1 heterocycles. The van der Waals surface area contributed by atoms with E-state index in [1.807, 2.05) is 32.0 Å². The van der Waals surface area contributed by atoms with Gasteiger partial charge in [-0.25, -0.2) is 4.98 Å². The van der Waals surface area contributed by atoms with Gasteiger partial charge in [-0.3, -0.25) is 4.79 Å². The molecule has 8 heteroatoms. The molecule has 1 aromatic carbocycles. The smallest absolute Gasteiger partial charge is 0.238 e. The predicted molar refractivity (Wildman–Crippen MR) is 108 cm³/mol. The highest BCUT2D eigenvalue weighted by Gasteiger charge is 2.06. The second-order valence-electron chi connectivity index (χ2n) is 5.40. The Morgan fingerprint density at radius 3 is 2.58 bits per heavy atom. The summed E-state index contributed by atoms with van der Waals surface area (Å²) >= 11 is 0. The fraction of sp³-hybridized carbons (Fsp3) is 0.333. The minimum Gasteiger partial charge on any atom is -0.439 e. The Kier molecular flexibility index (Phi) is 11.6. The lowest BCUT2D eigenvalue weighted by Crippen LogP contribution is -2.30. The van der Waals surface area contributed by atoms with Gasteiger partial charge in [-0.1, -0.05) is 12.1 Å². The number of methoxy groups -OCH3 is 1. The summed E-state index contributed by atoms with van der Waals surface area (Å²) < 4.78 is 10.7. The van der Waals surface area contributed by atoms with Crippen LogP contribution in [-0.4, -0.2) is 37.7 Å². The fourth-order valence-electron chi connectivity index (χ4n) is 2.04. The Hall–Kier alpha value is -1.86. The van der Waals surface area contributed by atoms with Crippen LogP contribution in [0.25, 0.3) is 0 Å². The second-order valence-corrected chi connectivity index (χ2v) is 5.40. The molecule has 2 aromatic rings. The van der Waals surface area contributed by atoms with Crippen molar-refractivity contribution in [2.75, 3.05) is 32.1 Å². The van der Waals surface area contributed by atoms with Gasteiger partial charge in [0.2, 0.25) is 11.8 Å². The van der Waals surface area contributed by atoms with Crippen molar-refractivity contribution in [2.45, 2.75) is 13.8 Å². The molecule has 26 heavy (non-hydrogen) atoms. The summed E-state index contributed by atoms with van der Waals surface area (Å²) in [7, 11) is 1.62. The number of pyridine rings is 1. The number of ether oxygens (including phenoxy) is 2. The topological polar surface area (TPSA) is 72.5 Å². The summed E-state index contributed by atoms with van der Waals surface area (Å²) in [5.41, 5.74) is 2.87. The molecule has 0 spiro atoms. The van der Waals surface area contributed by atoms with Crippen LogP contribution in [-0.2, 0) is 9.53 Å². The zero-order valence-electron chi connectivity index (χ0n) is 15.1. The summed E-state index contributed by atoms with van der Waals surface area (Å²) in [5.74, 6) is 1.14. The van der Waals surface area contributed by atoms with E-state index in [9.17, 15) is 4.79 Å². The number of rotatable bonds is 8. The van der Waals surface area contributed by atoms with Crippen LogP contribution in [0.1, 0.15) is 11.1 Å². The van der Waals surface area contributed by atoms with Gasteiger partial charge in [0.15, 0.2) is 0 Å². The summed E-state index contributed by atoms with van der Waals surface area (Å²) in [6.07, 6.45) is 1.58. The first-order chi connectivity index (χ1) is 11.6. The molecule has 0 saturated heterocycles. The SMILES string of the molecule is COCCNCC(=O)Nc1ccc(Oc2cccc(C)c2C)nc1.Cl.Cl. The number of nitrogens with one attached hydrogen (secondary N) is 2. The average Bonchev–Trinajstić information content (AvgIpc) is 2.58. The van der Waals surface area contributed by atoms with Gasteiger partial charge in [-0.2, -0.15) is 0 Å². The summed E-state index contributed by atoms with van der Waals surface area (Å²) in [6, 6.07) is 9.39. The van der Waals surface area contributed by atoms with Gasteiger partial charge in [-0.05, 0) is 37.1 Å². The van der Waals surface area contributed by atoms with Crippen LogP contribution in [0.15, 0.2) is 36.5 Å². The Morgan fingerprint density at radius 1 is 1.15 bits per heavy atom. The standard InChI is InChI=1S/C18H23N3O3.2ClH/c1-13-5-4-6-16(14(13)2)24-18-8-7-15(11-20-18)21-17(22)12-19-9-10-23-3;;/h4-8,11,19H,9-10,12H2,1-3H3,(H,21,22);2*1H. The molecule has 144 valence electrons. The van der Waals surface area contributed by atoms with E-state index in [0.717, 1.165) is 16.9 Å². The lowest BCUT2D eigenvalue weighted by molar-refractivity contribution is -0.115. The van der Waals surface area contributed by atoms with Gasteiger partial charge in [0.05, 0.1) is 25.0 Å². The van der Waals surface area contributed by atoms with Crippen molar-refractivity contribution in [1.29, 1.82) is 0 Å². The van der Waals surface area contributed by atoms with Crippen molar-refractivity contribution in [3.05, 3.63) is 47.7 Å². The van der Waals surface area contributed by atoms with Crippen molar-refractivity contribution in [2.24, 2.45) is 0 Å². The normalized spacial score (nSPS) is 9.65. The first-order valence-electron chi connectivity index (χ1n) is 7.80. The quantitative estimate of drug-likeness (QED) is 0.662. The number of anilines is 1. The van der Waals surface area contributed by atoms with Crippen LogP contribution < -0.4 is 15.4 Å². The van der Waals surface area contributed by atoms with Crippen LogP contribution in [0.4, 0.5) is 5.69 Å². The zero-order chi connectivity index (χ0) is 17.4. The minimum atomic E-state index is -0.129. The van der Waals surface area contributed by atoms with Crippen LogP contribution in [0.3, 0.4) is 0 Å². The number of halogens is 2. The number of carbonyl (C=O) groups is 1. The Morgan fingerprint density at radius 2 is 1.92 bits per heavy atom. The first kappa shape index (κ1) is 24.1. The van der Waals surface area contributed by atoms with Gasteiger partial charge in [0.25, 0.3) is 0 Å². The Balaban J connectivity index is 0.00000312. The summed E-state index contributed by atoms with van der Waals surface area (Å²) in [4.78, 5) is 16.0. The van der Waals surface area contributed by atoms with Gasteiger partial charge in [0.1, 0.15) is 5.75 Å². The molecule has 2 rings (SSSR count). The van der Waals surface area contributed by atoms with Crippen molar-refractivity contribution in [1.82, 2.24) is 10.3 Å². The number of aromatic nitrogens is 1. The number of carbonyl (C=O) groups excluding carboxylic acids is 1. The van der Waals surface area contributed by atoms with E-state index in [-0.39, 0.29) is 37.3 Å². The third-order valence-electron chi connectivity index (χ3n) is 3.56. The molecule has 0 saturated carbocycles. The molecule has 0 aliphatic carbocycles. The Labute approximate surface area is 166 Å². The number of aryl methyl sites for hydroxylation is 1. The first-order valence-corrected chi connectivity index (χ1v) is 7.80. The molecule has 6 nitrogen and oxygen atoms in total. The number of benzene rings is 1. The number of hydrogen-bond acceptors (Lipinski definition) is 5. The Bertz CT molecular complexity index is 682. The fourth-order valence-corrected chi connectivity index (χ4v) is 2.04. The summed E-state index contributed by atoms with van der Waals surface area (Å²) in [6.45, 7) is 5.47. The van der Waals surface area contributed by atoms with Crippen LogP contribution in [0.2, 0.25) is 0 Å². The monoisotopic (exact) mass is 401 g/mol. The third kappa shape index (κ3) is 7.58. The van der Waals surface area contributed by atoms with E-state index in [4.69, 9.17) is 9.47 Å². The molecule has 1 amide bonds. The maximum atomic E-state index is 11.8. The largest absolute Gasteiger partial charge is 0.439 e. The molecule has 0 bridgehead atoms. The van der Waals surface area contributed by atoms with Crippen molar-refractivity contribution >= 4 is 36.4 Å². The maximum Gasteiger partial charge on any atom is 0.238 e. The van der Waals surface area contributed by atoms with Crippen LogP contribution in [0.5, 0.6) is 11.6 Å². The van der Waals surface area contributed by atoms with Crippen molar-refractivity contribution in [3.63, 3.8) is 0 Å². The predicted octanol–water partition coefficient (Wildman–Crippen LogP) is 3.51. The molecule has 0 atom stereocenters. The van der Waals surface area contributed by atoms with E-state index in [1.54, 1.807) is 25.4 Å². The second kappa shape index (κ2) is 12.5. The van der Waals surface area contributed by atoms with E-state index in [1.165, 1.54) is 0 Å². The number of nitrogens with zero attached hydrogens (tertiary/aromatic N) is 1. The van der Waals surface area contributed by atoms with Gasteiger partial charge >= 0.3 is 0 Å². The maximum absolute atomic E-state index is 11.8.